The van der Waals surface area contributed by atoms with E-state index in [1.807, 2.05) is 28.0 Å². The number of piperidine rings is 2. The molecular weight excluding hydrogens is 336 g/mol. The molecule has 2 aromatic carbocycles. The van der Waals surface area contributed by atoms with Gasteiger partial charge >= 0.3 is 0 Å². The molecular formula is C23H28N2O2. The lowest BCUT2D eigenvalue weighted by molar-refractivity contribution is -0.141. The fraction of sp³-hybridized carbons (Fsp3) is 0.478. The molecule has 0 aliphatic carbocycles. The summed E-state index contributed by atoms with van der Waals surface area (Å²) in [5.41, 5.74) is 1.06. The van der Waals surface area contributed by atoms with Crippen molar-refractivity contribution in [1.29, 1.82) is 0 Å². The van der Waals surface area contributed by atoms with E-state index in [-0.39, 0.29) is 11.8 Å². The summed E-state index contributed by atoms with van der Waals surface area (Å²) in [4.78, 5) is 29.4. The van der Waals surface area contributed by atoms with E-state index >= 15 is 0 Å². The van der Waals surface area contributed by atoms with Crippen molar-refractivity contribution in [3.63, 3.8) is 0 Å². The maximum Gasteiger partial charge on any atom is 0.226 e. The Morgan fingerprint density at radius 2 is 1.52 bits per heavy atom. The Morgan fingerprint density at radius 3 is 2.26 bits per heavy atom. The molecule has 2 heterocycles. The van der Waals surface area contributed by atoms with Crippen LogP contribution in [0.3, 0.4) is 0 Å². The topological polar surface area (TPSA) is 40.6 Å². The average Bonchev–Trinajstić information content (AvgIpc) is 2.74. The van der Waals surface area contributed by atoms with Crippen molar-refractivity contribution in [3.8, 4) is 0 Å². The van der Waals surface area contributed by atoms with Crippen LogP contribution in [0.25, 0.3) is 10.8 Å². The smallest absolute Gasteiger partial charge is 0.226 e. The van der Waals surface area contributed by atoms with Crippen molar-refractivity contribution < 1.29 is 9.59 Å². The largest absolute Gasteiger partial charge is 0.342 e. The Kier molecular flexibility index (Phi) is 5.42. The quantitative estimate of drug-likeness (QED) is 0.834. The number of likely N-dealkylation sites (tertiary alicyclic amines) is 2. The van der Waals surface area contributed by atoms with Gasteiger partial charge in [-0.25, -0.2) is 0 Å². The van der Waals surface area contributed by atoms with Crippen LogP contribution in [-0.4, -0.2) is 47.8 Å². The van der Waals surface area contributed by atoms with Gasteiger partial charge in [0.05, 0.1) is 6.42 Å². The third-order valence-corrected chi connectivity index (χ3v) is 6.03. The third kappa shape index (κ3) is 4.15. The molecule has 0 N–H and O–H groups in total. The molecule has 0 unspecified atom stereocenters. The van der Waals surface area contributed by atoms with Crippen molar-refractivity contribution in [3.05, 3.63) is 48.0 Å². The van der Waals surface area contributed by atoms with Crippen LogP contribution in [-0.2, 0) is 16.0 Å². The van der Waals surface area contributed by atoms with Gasteiger partial charge in [-0.05, 0) is 48.4 Å². The van der Waals surface area contributed by atoms with Gasteiger partial charge in [-0.15, -0.1) is 0 Å². The van der Waals surface area contributed by atoms with Gasteiger partial charge in [0.2, 0.25) is 11.8 Å². The zero-order valence-electron chi connectivity index (χ0n) is 15.9. The summed E-state index contributed by atoms with van der Waals surface area (Å²) in [6.07, 6.45) is 5.56. The fourth-order valence-electron chi connectivity index (χ4n) is 4.38. The molecule has 0 saturated carbocycles. The monoisotopic (exact) mass is 364 g/mol. The molecule has 4 heteroatoms. The van der Waals surface area contributed by atoms with Gasteiger partial charge in [-0.2, -0.15) is 0 Å². The van der Waals surface area contributed by atoms with Crippen LogP contribution in [0.2, 0.25) is 0 Å². The number of benzene rings is 2. The van der Waals surface area contributed by atoms with Gasteiger partial charge in [-0.1, -0.05) is 42.5 Å². The minimum Gasteiger partial charge on any atom is -0.342 e. The number of fused-ring (bicyclic) bond motifs is 1. The molecule has 4 rings (SSSR count). The van der Waals surface area contributed by atoms with Gasteiger partial charge in [0.15, 0.2) is 0 Å². The van der Waals surface area contributed by atoms with Crippen molar-refractivity contribution in [2.75, 3.05) is 26.2 Å². The average molecular weight is 364 g/mol. The molecule has 2 aliphatic heterocycles. The van der Waals surface area contributed by atoms with Crippen LogP contribution in [0.5, 0.6) is 0 Å². The van der Waals surface area contributed by atoms with Crippen molar-refractivity contribution >= 4 is 22.6 Å². The molecule has 0 spiro atoms. The number of hydrogen-bond donors (Lipinski definition) is 0. The first-order chi connectivity index (χ1) is 13.2. The molecule has 0 radical (unpaired) electrons. The zero-order valence-corrected chi connectivity index (χ0v) is 15.9. The number of amides is 2. The van der Waals surface area contributed by atoms with Gasteiger partial charge < -0.3 is 9.80 Å². The molecule has 2 fully saturated rings. The van der Waals surface area contributed by atoms with Crippen molar-refractivity contribution in [2.45, 2.75) is 38.5 Å². The summed E-state index contributed by atoms with van der Waals surface area (Å²) in [5, 5.41) is 2.37. The van der Waals surface area contributed by atoms with Crippen molar-refractivity contribution in [1.82, 2.24) is 9.80 Å². The fourth-order valence-corrected chi connectivity index (χ4v) is 4.38. The van der Waals surface area contributed by atoms with E-state index in [0.29, 0.717) is 25.4 Å². The van der Waals surface area contributed by atoms with Crippen LogP contribution in [0.15, 0.2) is 42.5 Å². The molecule has 2 amide bonds. The second kappa shape index (κ2) is 8.12. The molecule has 27 heavy (non-hydrogen) atoms. The lowest BCUT2D eigenvalue weighted by Crippen LogP contribution is -2.46. The van der Waals surface area contributed by atoms with Gasteiger partial charge in [0.25, 0.3) is 0 Å². The van der Waals surface area contributed by atoms with Crippen LogP contribution >= 0.6 is 0 Å². The minimum atomic E-state index is 0.104. The highest BCUT2D eigenvalue weighted by Gasteiger charge is 2.30. The highest BCUT2D eigenvalue weighted by molar-refractivity contribution is 5.85. The highest BCUT2D eigenvalue weighted by Crippen LogP contribution is 2.23. The Labute approximate surface area is 161 Å². The molecule has 2 aromatic rings. The Bertz CT molecular complexity index is 818. The van der Waals surface area contributed by atoms with Crippen molar-refractivity contribution in [2.24, 2.45) is 5.92 Å². The number of nitrogens with zero attached hydrogens (tertiary/aromatic N) is 2. The zero-order chi connectivity index (χ0) is 18.6. The van der Waals surface area contributed by atoms with E-state index in [1.54, 1.807) is 0 Å². The molecule has 4 nitrogen and oxygen atoms in total. The number of rotatable bonds is 3. The number of carbonyl (C=O) groups is 2. The number of hydrogen-bond acceptors (Lipinski definition) is 2. The molecule has 2 aliphatic rings. The summed E-state index contributed by atoms with van der Waals surface area (Å²) in [5.74, 6) is 0.596. The van der Waals surface area contributed by atoms with Crippen LogP contribution < -0.4 is 0 Å². The van der Waals surface area contributed by atoms with Crippen LogP contribution in [0.4, 0.5) is 0 Å². The van der Waals surface area contributed by atoms with Crippen LogP contribution in [0, 0.1) is 5.92 Å². The SMILES string of the molecule is O=C(Cc1ccc2ccccc2c1)N1CCC(C(=O)N2CCCCC2)CC1. The first kappa shape index (κ1) is 18.0. The summed E-state index contributed by atoms with van der Waals surface area (Å²) < 4.78 is 0. The van der Waals surface area contributed by atoms with E-state index < -0.39 is 0 Å². The summed E-state index contributed by atoms with van der Waals surface area (Å²) in [6, 6.07) is 14.5. The first-order valence-corrected chi connectivity index (χ1v) is 10.2. The lowest BCUT2D eigenvalue weighted by atomic mass is 9.94. The third-order valence-electron chi connectivity index (χ3n) is 6.03. The summed E-state index contributed by atoms with van der Waals surface area (Å²) in [6.45, 7) is 3.24. The summed E-state index contributed by atoms with van der Waals surface area (Å²) in [7, 11) is 0. The molecule has 0 atom stereocenters. The maximum absolute atomic E-state index is 12.7. The van der Waals surface area contributed by atoms with E-state index in [0.717, 1.165) is 44.3 Å². The van der Waals surface area contributed by atoms with E-state index in [9.17, 15) is 9.59 Å². The maximum atomic E-state index is 12.7. The Hall–Kier alpha value is -2.36. The van der Waals surface area contributed by atoms with Gasteiger partial charge in [0.1, 0.15) is 0 Å². The van der Waals surface area contributed by atoms with E-state index in [1.165, 1.54) is 17.2 Å². The Morgan fingerprint density at radius 1 is 0.815 bits per heavy atom. The van der Waals surface area contributed by atoms with E-state index in [2.05, 4.69) is 24.3 Å². The van der Waals surface area contributed by atoms with Gasteiger partial charge in [-0.3, -0.25) is 9.59 Å². The normalized spacial score (nSPS) is 18.7. The lowest BCUT2D eigenvalue weighted by Gasteiger charge is -2.35. The predicted octanol–water partition coefficient (Wildman–Crippen LogP) is 3.63. The minimum absolute atomic E-state index is 0.104. The first-order valence-electron chi connectivity index (χ1n) is 10.2. The number of carbonyl (C=O) groups excluding carboxylic acids is 2. The molecule has 2 saturated heterocycles. The molecule has 142 valence electrons. The van der Waals surface area contributed by atoms with Gasteiger partial charge in [0, 0.05) is 32.1 Å². The van der Waals surface area contributed by atoms with Crippen LogP contribution in [0.1, 0.15) is 37.7 Å². The van der Waals surface area contributed by atoms with E-state index in [4.69, 9.17) is 0 Å². The molecule has 0 bridgehead atoms. The molecule has 0 aromatic heterocycles. The Balaban J connectivity index is 1.32. The second-order valence-electron chi connectivity index (χ2n) is 7.90. The summed E-state index contributed by atoms with van der Waals surface area (Å²) >= 11 is 0. The highest BCUT2D eigenvalue weighted by atomic mass is 16.2. The second-order valence-corrected chi connectivity index (χ2v) is 7.90. The standard InChI is InChI=1S/C23H28N2O2/c26-22(17-18-8-9-19-6-2-3-7-21(19)16-18)24-14-10-20(11-15-24)23(27)25-12-4-1-5-13-25/h2-3,6-9,16,20H,1,4-5,10-15,17H2. The predicted molar refractivity (Wildman–Crippen MR) is 107 cm³/mol.